The maximum absolute atomic E-state index is 11.8. The molecule has 0 N–H and O–H groups in total. The van der Waals surface area contributed by atoms with E-state index in [1.807, 2.05) is 6.07 Å². The first-order valence-electron chi connectivity index (χ1n) is 11.4. The number of hydrogen-bond acceptors (Lipinski definition) is 4. The van der Waals surface area contributed by atoms with E-state index in [4.69, 9.17) is 0 Å². The molecule has 1 aromatic rings. The van der Waals surface area contributed by atoms with Gasteiger partial charge in [0.25, 0.3) is 0 Å². The molecule has 0 bridgehead atoms. The van der Waals surface area contributed by atoms with E-state index in [0.29, 0.717) is 6.42 Å². The molecular weight excluding hydrogens is 364 g/mol. The number of hydrogen-bond donors (Lipinski definition) is 0. The van der Waals surface area contributed by atoms with Crippen molar-refractivity contribution in [2.45, 2.75) is 103 Å². The minimum Gasteiger partial charge on any atom is -0.387 e. The molecule has 0 saturated carbocycles. The number of carbonyl (C=O) groups is 3. The van der Waals surface area contributed by atoms with Crippen LogP contribution in [0.15, 0.2) is 30.3 Å². The second-order valence-electron chi connectivity index (χ2n) is 7.84. The van der Waals surface area contributed by atoms with Crippen LogP contribution in [0.4, 0.5) is 0 Å². The number of carbonyl (C=O) groups excluding carboxylic acids is 3. The van der Waals surface area contributed by atoms with Gasteiger partial charge >= 0.3 is 11.9 Å². The van der Waals surface area contributed by atoms with Gasteiger partial charge in [-0.05, 0) is 12.0 Å². The molecule has 162 valence electrons. The van der Waals surface area contributed by atoms with Crippen molar-refractivity contribution in [1.82, 2.24) is 0 Å². The van der Waals surface area contributed by atoms with Crippen LogP contribution in [0.5, 0.6) is 0 Å². The Labute approximate surface area is 176 Å². The Balaban J connectivity index is 1.94. The van der Waals surface area contributed by atoms with Crippen LogP contribution in [0.1, 0.15) is 102 Å². The fraction of sp³-hybridized carbons (Fsp3) is 0.640. The van der Waals surface area contributed by atoms with Crippen LogP contribution in [0.2, 0.25) is 0 Å². The SMILES string of the molecule is CCCCCCCCCCCCCCCC(=O)OC(=O)C(=O)Cc1ccccc1. The normalized spacial score (nSPS) is 10.7. The van der Waals surface area contributed by atoms with Gasteiger partial charge in [0, 0.05) is 12.8 Å². The number of Topliss-reactive ketones (excluding diaryl/α,β-unsaturated/α-hetero) is 1. The average molecular weight is 403 g/mol. The topological polar surface area (TPSA) is 60.4 Å². The summed E-state index contributed by atoms with van der Waals surface area (Å²) in [5.41, 5.74) is 0.735. The van der Waals surface area contributed by atoms with Crippen molar-refractivity contribution in [3.63, 3.8) is 0 Å². The predicted octanol–water partition coefficient (Wildman–Crippen LogP) is 6.35. The van der Waals surface area contributed by atoms with Crippen molar-refractivity contribution >= 4 is 17.7 Å². The van der Waals surface area contributed by atoms with Gasteiger partial charge in [-0.15, -0.1) is 0 Å². The van der Waals surface area contributed by atoms with E-state index >= 15 is 0 Å². The molecule has 0 radical (unpaired) electrons. The molecule has 0 heterocycles. The summed E-state index contributed by atoms with van der Waals surface area (Å²) in [6.07, 6.45) is 16.2. The van der Waals surface area contributed by atoms with E-state index < -0.39 is 17.7 Å². The van der Waals surface area contributed by atoms with Gasteiger partial charge in [0.1, 0.15) is 0 Å². The van der Waals surface area contributed by atoms with Gasteiger partial charge in [0.15, 0.2) is 0 Å². The summed E-state index contributed by atoms with van der Waals surface area (Å²) in [7, 11) is 0. The number of esters is 2. The smallest absolute Gasteiger partial charge is 0.382 e. The predicted molar refractivity (Wildman–Crippen MR) is 117 cm³/mol. The second-order valence-corrected chi connectivity index (χ2v) is 7.84. The number of ketones is 1. The molecule has 29 heavy (non-hydrogen) atoms. The third-order valence-electron chi connectivity index (χ3n) is 5.13. The number of ether oxygens (including phenoxy) is 1. The van der Waals surface area contributed by atoms with Crippen LogP contribution in [0.25, 0.3) is 0 Å². The summed E-state index contributed by atoms with van der Waals surface area (Å²) in [6, 6.07) is 8.97. The highest BCUT2D eigenvalue weighted by Crippen LogP contribution is 2.13. The lowest BCUT2D eigenvalue weighted by Crippen LogP contribution is -2.22. The van der Waals surface area contributed by atoms with Crippen molar-refractivity contribution in [2.24, 2.45) is 0 Å². The quantitative estimate of drug-likeness (QED) is 0.132. The Bertz CT molecular complexity index is 580. The Hall–Kier alpha value is -1.97. The zero-order chi connectivity index (χ0) is 21.2. The lowest BCUT2D eigenvalue weighted by molar-refractivity contribution is -0.164. The number of benzene rings is 1. The summed E-state index contributed by atoms with van der Waals surface area (Å²) in [4.78, 5) is 35.2. The summed E-state index contributed by atoms with van der Waals surface area (Å²) < 4.78 is 4.66. The van der Waals surface area contributed by atoms with Gasteiger partial charge in [-0.3, -0.25) is 9.59 Å². The van der Waals surface area contributed by atoms with Crippen LogP contribution >= 0.6 is 0 Å². The van der Waals surface area contributed by atoms with Crippen molar-refractivity contribution in [3.05, 3.63) is 35.9 Å². The summed E-state index contributed by atoms with van der Waals surface area (Å²) in [6.45, 7) is 2.25. The molecule has 4 nitrogen and oxygen atoms in total. The molecule has 0 aliphatic carbocycles. The first-order valence-corrected chi connectivity index (χ1v) is 11.4. The highest BCUT2D eigenvalue weighted by Gasteiger charge is 2.19. The lowest BCUT2D eigenvalue weighted by Gasteiger charge is -2.04. The molecule has 0 unspecified atom stereocenters. The van der Waals surface area contributed by atoms with Crippen LogP contribution in [-0.2, 0) is 25.5 Å². The first kappa shape index (κ1) is 25.1. The zero-order valence-corrected chi connectivity index (χ0v) is 18.1. The molecule has 0 aromatic heterocycles. The van der Waals surface area contributed by atoms with E-state index in [-0.39, 0.29) is 12.8 Å². The van der Waals surface area contributed by atoms with E-state index in [0.717, 1.165) is 18.4 Å². The molecule has 1 aromatic carbocycles. The molecule has 0 saturated heterocycles. The minimum absolute atomic E-state index is 0.0360. The van der Waals surface area contributed by atoms with Gasteiger partial charge in [-0.2, -0.15) is 0 Å². The first-order chi connectivity index (χ1) is 14.1. The molecule has 0 atom stereocenters. The highest BCUT2D eigenvalue weighted by molar-refractivity contribution is 6.35. The minimum atomic E-state index is -1.05. The lowest BCUT2D eigenvalue weighted by atomic mass is 10.0. The zero-order valence-electron chi connectivity index (χ0n) is 18.1. The van der Waals surface area contributed by atoms with E-state index in [9.17, 15) is 14.4 Å². The van der Waals surface area contributed by atoms with Gasteiger partial charge in [-0.1, -0.05) is 114 Å². The van der Waals surface area contributed by atoms with Crippen LogP contribution in [-0.4, -0.2) is 17.7 Å². The van der Waals surface area contributed by atoms with E-state index in [1.54, 1.807) is 24.3 Å². The largest absolute Gasteiger partial charge is 0.387 e. The Kier molecular flexibility index (Phi) is 14.6. The van der Waals surface area contributed by atoms with Crippen molar-refractivity contribution < 1.29 is 19.1 Å². The van der Waals surface area contributed by atoms with Gasteiger partial charge in [-0.25, -0.2) is 4.79 Å². The molecule has 0 aliphatic rings. The van der Waals surface area contributed by atoms with Crippen molar-refractivity contribution in [3.8, 4) is 0 Å². The summed E-state index contributed by atoms with van der Waals surface area (Å²) in [5, 5.41) is 0. The maximum Gasteiger partial charge on any atom is 0.382 e. The summed E-state index contributed by atoms with van der Waals surface area (Å²) in [5.74, 6) is -2.33. The fourth-order valence-electron chi connectivity index (χ4n) is 3.35. The van der Waals surface area contributed by atoms with Crippen LogP contribution in [0.3, 0.4) is 0 Å². The van der Waals surface area contributed by atoms with Gasteiger partial charge < -0.3 is 4.74 Å². The van der Waals surface area contributed by atoms with Gasteiger partial charge in [0.2, 0.25) is 5.78 Å². The average Bonchev–Trinajstić information content (AvgIpc) is 2.72. The molecule has 0 amide bonds. The third-order valence-corrected chi connectivity index (χ3v) is 5.13. The van der Waals surface area contributed by atoms with E-state index in [2.05, 4.69) is 11.7 Å². The van der Waals surface area contributed by atoms with Crippen molar-refractivity contribution in [2.75, 3.05) is 0 Å². The number of rotatable bonds is 17. The van der Waals surface area contributed by atoms with Crippen LogP contribution in [0, 0.1) is 0 Å². The monoisotopic (exact) mass is 402 g/mol. The maximum atomic E-state index is 11.8. The highest BCUT2D eigenvalue weighted by atomic mass is 16.6. The molecular formula is C25H38O4. The molecule has 0 spiro atoms. The molecule has 0 aliphatic heterocycles. The standard InChI is InChI=1S/C25H38O4/c1-2-3-4-5-6-7-8-9-10-11-12-13-17-20-24(27)29-25(28)23(26)21-22-18-15-14-16-19-22/h14-16,18-19H,2-13,17,20-21H2,1H3. The van der Waals surface area contributed by atoms with E-state index in [1.165, 1.54) is 64.2 Å². The third kappa shape index (κ3) is 13.8. The fourth-order valence-corrected chi connectivity index (χ4v) is 3.35. The molecule has 0 fully saturated rings. The van der Waals surface area contributed by atoms with Crippen molar-refractivity contribution in [1.29, 1.82) is 0 Å². The second kappa shape index (κ2) is 16.9. The summed E-state index contributed by atoms with van der Waals surface area (Å²) >= 11 is 0. The molecule has 1 rings (SSSR count). The Morgan fingerprint density at radius 1 is 0.690 bits per heavy atom. The van der Waals surface area contributed by atoms with Gasteiger partial charge in [0.05, 0.1) is 0 Å². The molecule has 4 heteroatoms. The van der Waals surface area contributed by atoms with Crippen LogP contribution < -0.4 is 0 Å². The Morgan fingerprint density at radius 2 is 1.17 bits per heavy atom. The Morgan fingerprint density at radius 3 is 1.69 bits per heavy atom. The number of unbranched alkanes of at least 4 members (excludes halogenated alkanes) is 12.